The summed E-state index contributed by atoms with van der Waals surface area (Å²) in [7, 11) is -2.68. The van der Waals surface area contributed by atoms with Crippen LogP contribution in [0.5, 0.6) is 5.75 Å². The zero-order valence-corrected chi connectivity index (χ0v) is 19.8. The molecular weight excluding hydrogens is 456 g/mol. The number of ether oxygens (including phenoxy) is 1. The summed E-state index contributed by atoms with van der Waals surface area (Å²) in [4.78, 5) is 42.9. The molecule has 2 rings (SSSR count). The third-order valence-corrected chi connectivity index (χ3v) is 6.90. The van der Waals surface area contributed by atoms with Gasteiger partial charge in [0.1, 0.15) is 18.3 Å². The second-order valence-electron chi connectivity index (χ2n) is 8.44. The molecule has 1 saturated heterocycles. The van der Waals surface area contributed by atoms with Crippen molar-refractivity contribution < 1.29 is 37.6 Å². The van der Waals surface area contributed by atoms with E-state index >= 15 is 0 Å². The number of nitrogens with one attached hydrogen (secondary N) is 2. The number of hydroxylamine groups is 2. The van der Waals surface area contributed by atoms with Crippen molar-refractivity contribution >= 4 is 27.8 Å². The van der Waals surface area contributed by atoms with Crippen LogP contribution in [-0.4, -0.2) is 79.9 Å². The van der Waals surface area contributed by atoms with Gasteiger partial charge >= 0.3 is 5.97 Å². The van der Waals surface area contributed by atoms with Crippen molar-refractivity contribution in [3.05, 3.63) is 24.3 Å². The fourth-order valence-corrected chi connectivity index (χ4v) is 4.70. The standard InChI is InChI=1S/C20H30N4O8S/c1-20(2,3)19(27)32-21-12-17(25)23-10-5-11-24(16(13-23)18(26)22-28)33(29,30)15-8-6-14(31-4)7-9-15/h6-9,16,21,28H,5,10-13H2,1-4H3,(H,22,26). The van der Waals surface area contributed by atoms with Crippen LogP contribution in [0, 0.1) is 5.41 Å². The molecule has 12 nitrogen and oxygen atoms in total. The first-order valence-electron chi connectivity index (χ1n) is 10.2. The lowest BCUT2D eigenvalue weighted by Crippen LogP contribution is -2.53. The summed E-state index contributed by atoms with van der Waals surface area (Å²) in [6.07, 6.45) is 0.248. The van der Waals surface area contributed by atoms with Crippen molar-refractivity contribution in [2.24, 2.45) is 5.41 Å². The molecule has 1 atom stereocenters. The Bertz CT molecular complexity index is 959. The number of sulfonamides is 1. The van der Waals surface area contributed by atoms with E-state index in [1.165, 1.54) is 41.8 Å². The Morgan fingerprint density at radius 3 is 2.33 bits per heavy atom. The van der Waals surface area contributed by atoms with Crippen LogP contribution in [0.25, 0.3) is 0 Å². The number of benzene rings is 1. The predicted octanol–water partition coefficient (Wildman–Crippen LogP) is -0.114. The Morgan fingerprint density at radius 1 is 1.15 bits per heavy atom. The minimum absolute atomic E-state index is 0.0529. The summed E-state index contributed by atoms with van der Waals surface area (Å²) < 4.78 is 32.5. The zero-order chi connectivity index (χ0) is 24.8. The van der Waals surface area contributed by atoms with Crippen LogP contribution in [-0.2, 0) is 29.2 Å². The van der Waals surface area contributed by atoms with Crippen LogP contribution in [0.2, 0.25) is 0 Å². The largest absolute Gasteiger partial charge is 0.497 e. The first-order chi connectivity index (χ1) is 15.4. The van der Waals surface area contributed by atoms with Crippen molar-refractivity contribution in [3.8, 4) is 5.75 Å². The molecule has 2 amide bonds. The number of hydrogen-bond acceptors (Lipinski definition) is 9. The Labute approximate surface area is 192 Å². The highest BCUT2D eigenvalue weighted by Crippen LogP contribution is 2.24. The van der Waals surface area contributed by atoms with Gasteiger partial charge in [-0.05, 0) is 51.5 Å². The molecule has 0 radical (unpaired) electrons. The molecular formula is C20H30N4O8S. The van der Waals surface area contributed by atoms with Gasteiger partial charge in [0, 0.05) is 19.6 Å². The lowest BCUT2D eigenvalue weighted by Gasteiger charge is -2.29. The summed E-state index contributed by atoms with van der Waals surface area (Å²) in [6, 6.07) is 4.29. The molecule has 0 aromatic heterocycles. The SMILES string of the molecule is COc1ccc(S(=O)(=O)N2CCCN(C(=O)CNOC(=O)C(C)(C)C)CC2C(=O)NO)cc1. The second-order valence-corrected chi connectivity index (χ2v) is 10.3. The monoisotopic (exact) mass is 486 g/mol. The number of carbonyl (C=O) groups excluding carboxylic acids is 3. The number of rotatable bonds is 7. The maximum atomic E-state index is 13.2. The molecule has 3 N–H and O–H groups in total. The number of hydrogen-bond donors (Lipinski definition) is 3. The first-order valence-corrected chi connectivity index (χ1v) is 11.7. The smallest absolute Gasteiger partial charge is 0.329 e. The fourth-order valence-electron chi connectivity index (χ4n) is 3.08. The van der Waals surface area contributed by atoms with Gasteiger partial charge in [-0.25, -0.2) is 18.7 Å². The molecule has 33 heavy (non-hydrogen) atoms. The number of amides is 2. The number of carbonyl (C=O) groups is 3. The van der Waals surface area contributed by atoms with Crippen LogP contribution in [0.3, 0.4) is 0 Å². The van der Waals surface area contributed by atoms with Gasteiger partial charge in [0.15, 0.2) is 0 Å². The topological polar surface area (TPSA) is 155 Å². The van der Waals surface area contributed by atoms with Gasteiger partial charge in [0.2, 0.25) is 15.9 Å². The molecule has 1 unspecified atom stereocenters. The molecule has 1 heterocycles. The third kappa shape index (κ3) is 6.63. The highest BCUT2D eigenvalue weighted by Gasteiger charge is 2.39. The van der Waals surface area contributed by atoms with Gasteiger partial charge in [0.25, 0.3) is 5.91 Å². The van der Waals surface area contributed by atoms with E-state index in [1.54, 1.807) is 20.8 Å². The van der Waals surface area contributed by atoms with E-state index in [0.717, 1.165) is 4.31 Å². The lowest BCUT2D eigenvalue weighted by molar-refractivity contribution is -0.161. The predicted molar refractivity (Wildman–Crippen MR) is 115 cm³/mol. The van der Waals surface area contributed by atoms with E-state index < -0.39 is 39.3 Å². The number of methoxy groups -OCH3 is 1. The van der Waals surface area contributed by atoms with E-state index in [-0.39, 0.29) is 37.5 Å². The van der Waals surface area contributed by atoms with Crippen molar-refractivity contribution in [1.82, 2.24) is 20.2 Å². The average Bonchev–Trinajstić information content (AvgIpc) is 3.01. The normalized spacial score (nSPS) is 17.7. The average molecular weight is 487 g/mol. The minimum Gasteiger partial charge on any atom is -0.497 e. The van der Waals surface area contributed by atoms with Crippen LogP contribution >= 0.6 is 0 Å². The van der Waals surface area contributed by atoms with Gasteiger partial charge < -0.3 is 14.5 Å². The summed E-state index contributed by atoms with van der Waals surface area (Å²) in [5, 5.41) is 9.19. The molecule has 13 heteroatoms. The van der Waals surface area contributed by atoms with Gasteiger partial charge in [0.05, 0.1) is 17.4 Å². The van der Waals surface area contributed by atoms with Crippen LogP contribution in [0.15, 0.2) is 29.2 Å². The highest BCUT2D eigenvalue weighted by atomic mass is 32.2. The molecule has 0 bridgehead atoms. The molecule has 0 aliphatic carbocycles. The molecule has 1 aliphatic heterocycles. The van der Waals surface area contributed by atoms with Crippen molar-refractivity contribution in [3.63, 3.8) is 0 Å². The van der Waals surface area contributed by atoms with Crippen molar-refractivity contribution in [2.75, 3.05) is 33.3 Å². The van der Waals surface area contributed by atoms with Gasteiger partial charge in [-0.2, -0.15) is 4.31 Å². The van der Waals surface area contributed by atoms with Gasteiger partial charge in [-0.15, -0.1) is 5.48 Å². The number of nitrogens with zero attached hydrogens (tertiary/aromatic N) is 2. The minimum atomic E-state index is -4.13. The maximum absolute atomic E-state index is 13.2. The molecule has 1 fully saturated rings. The van der Waals surface area contributed by atoms with E-state index in [0.29, 0.717) is 5.75 Å². The van der Waals surface area contributed by atoms with E-state index in [1.807, 2.05) is 0 Å². The molecule has 184 valence electrons. The Balaban J connectivity index is 2.18. The zero-order valence-electron chi connectivity index (χ0n) is 19.0. The lowest BCUT2D eigenvalue weighted by atomic mass is 9.98. The first kappa shape index (κ1) is 26.5. The Kier molecular flexibility index (Phi) is 8.77. The van der Waals surface area contributed by atoms with E-state index in [9.17, 15) is 28.0 Å². The Morgan fingerprint density at radius 2 is 1.79 bits per heavy atom. The summed E-state index contributed by atoms with van der Waals surface area (Å²) in [5.74, 6) is -1.57. The van der Waals surface area contributed by atoms with Crippen LogP contribution < -0.4 is 15.7 Å². The van der Waals surface area contributed by atoms with Crippen molar-refractivity contribution in [1.29, 1.82) is 0 Å². The van der Waals surface area contributed by atoms with E-state index in [4.69, 9.17) is 9.57 Å². The maximum Gasteiger partial charge on any atom is 0.329 e. The summed E-state index contributed by atoms with van der Waals surface area (Å²) >= 11 is 0. The summed E-state index contributed by atoms with van der Waals surface area (Å²) in [5.41, 5.74) is 3.03. The summed E-state index contributed by atoms with van der Waals surface area (Å²) in [6.45, 7) is 4.42. The quantitative estimate of drug-likeness (QED) is 0.353. The highest BCUT2D eigenvalue weighted by molar-refractivity contribution is 7.89. The fraction of sp³-hybridized carbons (Fsp3) is 0.550. The van der Waals surface area contributed by atoms with Crippen LogP contribution in [0.4, 0.5) is 0 Å². The molecule has 0 saturated carbocycles. The van der Waals surface area contributed by atoms with Crippen molar-refractivity contribution in [2.45, 2.75) is 38.1 Å². The molecule has 0 spiro atoms. The Hall–Kier alpha value is -2.74. The molecule has 1 aliphatic rings. The van der Waals surface area contributed by atoms with E-state index in [2.05, 4.69) is 5.48 Å². The molecule has 1 aromatic rings. The third-order valence-electron chi connectivity index (χ3n) is 4.98. The molecule has 1 aromatic carbocycles. The second kappa shape index (κ2) is 10.9. The van der Waals surface area contributed by atoms with Crippen LogP contribution in [0.1, 0.15) is 27.2 Å². The van der Waals surface area contributed by atoms with Gasteiger partial charge in [-0.1, -0.05) is 0 Å². The van der Waals surface area contributed by atoms with Gasteiger partial charge in [-0.3, -0.25) is 14.8 Å².